The third-order valence-electron chi connectivity index (χ3n) is 4.39. The van der Waals surface area contributed by atoms with Crippen LogP contribution in [-0.4, -0.2) is 22.9 Å². The summed E-state index contributed by atoms with van der Waals surface area (Å²) in [5.74, 6) is 0.447. The van der Waals surface area contributed by atoms with Gasteiger partial charge in [0.1, 0.15) is 0 Å². The Morgan fingerprint density at radius 1 is 0.850 bits per heavy atom. The first-order valence-electron chi connectivity index (χ1n) is 8.78. The van der Waals surface area contributed by atoms with Gasteiger partial charge in [-0.05, 0) is 31.6 Å². The van der Waals surface area contributed by atoms with Crippen LogP contribution in [0.25, 0.3) is 0 Å². The van der Waals surface area contributed by atoms with Gasteiger partial charge in [0.2, 0.25) is 0 Å². The van der Waals surface area contributed by atoms with Crippen LogP contribution in [0.2, 0.25) is 0 Å². The van der Waals surface area contributed by atoms with Crippen LogP contribution in [0.15, 0.2) is 12.2 Å². The minimum absolute atomic E-state index is 0.107. The molecular weight excluding hydrogens is 248 g/mol. The molecule has 20 heavy (non-hydrogen) atoms. The summed E-state index contributed by atoms with van der Waals surface area (Å²) in [5, 5.41) is 18.6. The van der Waals surface area contributed by atoms with E-state index in [1.165, 1.54) is 70.6 Å². The molecule has 1 rings (SSSR count). The predicted octanol–water partition coefficient (Wildman–Crippen LogP) is 4.60. The van der Waals surface area contributed by atoms with E-state index in [1.54, 1.807) is 0 Å². The Bertz CT molecular complexity index is 238. The van der Waals surface area contributed by atoms with E-state index in [9.17, 15) is 5.11 Å². The molecule has 0 aliphatic heterocycles. The zero-order valence-electron chi connectivity index (χ0n) is 13.1. The number of allylic oxidation sites excluding steroid dienone is 2. The normalized spacial score (nSPS) is 25.6. The summed E-state index contributed by atoms with van der Waals surface area (Å²) in [6, 6.07) is 0. The molecule has 0 radical (unpaired) electrons. The molecule has 0 aromatic rings. The smallest absolute Gasteiger partial charge is 0.0776 e. The minimum Gasteiger partial charge on any atom is -0.394 e. The third kappa shape index (κ3) is 9.55. The van der Waals surface area contributed by atoms with Gasteiger partial charge in [-0.1, -0.05) is 69.9 Å². The lowest BCUT2D eigenvalue weighted by Crippen LogP contribution is -2.16. The van der Waals surface area contributed by atoms with E-state index in [1.807, 2.05) is 0 Å². The molecule has 118 valence electrons. The van der Waals surface area contributed by atoms with Gasteiger partial charge in [-0.3, -0.25) is 0 Å². The minimum atomic E-state index is -0.549. The maximum Gasteiger partial charge on any atom is 0.0776 e. The molecule has 0 aromatic carbocycles. The SMILES string of the molecule is OCC(O)CC1C=CCCCCCCCCCCCC1. The standard InChI is InChI=1S/C18H34O2/c19-16-18(20)15-17-13-11-9-7-5-3-1-2-4-6-8-10-12-14-17/h11,13,17-20H,1-10,12,14-16H2. The first kappa shape index (κ1) is 17.7. The highest BCUT2D eigenvalue weighted by molar-refractivity contribution is 4.89. The zero-order valence-corrected chi connectivity index (χ0v) is 13.1. The molecule has 2 N–H and O–H groups in total. The van der Waals surface area contributed by atoms with Gasteiger partial charge in [0.05, 0.1) is 12.7 Å². The number of hydrogen-bond donors (Lipinski definition) is 2. The van der Waals surface area contributed by atoms with Gasteiger partial charge in [0.15, 0.2) is 0 Å². The molecule has 0 spiro atoms. The van der Waals surface area contributed by atoms with Crippen molar-refractivity contribution in [2.24, 2.45) is 5.92 Å². The van der Waals surface area contributed by atoms with Crippen LogP contribution in [0.3, 0.4) is 0 Å². The highest BCUT2D eigenvalue weighted by Gasteiger charge is 2.11. The molecule has 0 saturated heterocycles. The van der Waals surface area contributed by atoms with Crippen LogP contribution in [0.4, 0.5) is 0 Å². The van der Waals surface area contributed by atoms with Crippen molar-refractivity contribution in [3.63, 3.8) is 0 Å². The molecule has 0 heterocycles. The largest absolute Gasteiger partial charge is 0.394 e. The second kappa shape index (κ2) is 12.4. The topological polar surface area (TPSA) is 40.5 Å². The monoisotopic (exact) mass is 282 g/mol. The van der Waals surface area contributed by atoms with Crippen LogP contribution in [0.5, 0.6) is 0 Å². The molecule has 2 nitrogen and oxygen atoms in total. The molecule has 0 amide bonds. The quantitative estimate of drug-likeness (QED) is 0.743. The van der Waals surface area contributed by atoms with E-state index in [-0.39, 0.29) is 6.61 Å². The van der Waals surface area contributed by atoms with Crippen LogP contribution in [0, 0.1) is 5.92 Å². The van der Waals surface area contributed by atoms with Gasteiger partial charge >= 0.3 is 0 Å². The molecule has 2 unspecified atom stereocenters. The Labute approximate surface area is 125 Å². The van der Waals surface area contributed by atoms with Gasteiger partial charge < -0.3 is 10.2 Å². The van der Waals surface area contributed by atoms with E-state index in [4.69, 9.17) is 5.11 Å². The van der Waals surface area contributed by atoms with Crippen molar-refractivity contribution >= 4 is 0 Å². The summed E-state index contributed by atoms with van der Waals surface area (Å²) in [7, 11) is 0. The first-order valence-corrected chi connectivity index (χ1v) is 8.78. The molecule has 0 fully saturated rings. The molecule has 0 bridgehead atoms. The Kier molecular flexibility index (Phi) is 11.0. The molecule has 1 aliphatic carbocycles. The summed E-state index contributed by atoms with van der Waals surface area (Å²) in [5.41, 5.74) is 0. The van der Waals surface area contributed by atoms with Crippen molar-refractivity contribution in [3.8, 4) is 0 Å². The molecule has 2 heteroatoms. The second-order valence-electron chi connectivity index (χ2n) is 6.37. The highest BCUT2D eigenvalue weighted by Crippen LogP contribution is 2.20. The fourth-order valence-corrected chi connectivity index (χ4v) is 3.09. The lowest BCUT2D eigenvalue weighted by Gasteiger charge is -2.16. The van der Waals surface area contributed by atoms with Gasteiger partial charge in [0.25, 0.3) is 0 Å². The van der Waals surface area contributed by atoms with E-state index in [0.717, 1.165) is 6.42 Å². The number of aliphatic hydroxyl groups excluding tert-OH is 2. The Morgan fingerprint density at radius 2 is 1.40 bits per heavy atom. The van der Waals surface area contributed by atoms with Crippen molar-refractivity contribution in [1.82, 2.24) is 0 Å². The zero-order chi connectivity index (χ0) is 14.5. The van der Waals surface area contributed by atoms with Gasteiger partial charge in [-0.25, -0.2) is 0 Å². The van der Waals surface area contributed by atoms with Gasteiger partial charge in [-0.2, -0.15) is 0 Å². The van der Waals surface area contributed by atoms with Crippen molar-refractivity contribution in [2.75, 3.05) is 6.61 Å². The van der Waals surface area contributed by atoms with Crippen molar-refractivity contribution in [1.29, 1.82) is 0 Å². The van der Waals surface area contributed by atoms with E-state index in [2.05, 4.69) is 12.2 Å². The lowest BCUT2D eigenvalue weighted by atomic mass is 9.94. The second-order valence-corrected chi connectivity index (χ2v) is 6.37. The summed E-state index contributed by atoms with van der Waals surface area (Å²) in [4.78, 5) is 0. The molecule has 0 saturated carbocycles. The average Bonchev–Trinajstić information content (AvgIpc) is 2.47. The summed E-state index contributed by atoms with van der Waals surface area (Å²) in [6.07, 6.45) is 20.7. The average molecular weight is 282 g/mol. The van der Waals surface area contributed by atoms with Crippen molar-refractivity contribution in [3.05, 3.63) is 12.2 Å². The molecule has 1 aliphatic rings. The highest BCUT2D eigenvalue weighted by atomic mass is 16.3. The summed E-state index contributed by atoms with van der Waals surface area (Å²) in [6.45, 7) is -0.107. The van der Waals surface area contributed by atoms with Crippen LogP contribution < -0.4 is 0 Å². The Hall–Kier alpha value is -0.340. The number of rotatable bonds is 3. The third-order valence-corrected chi connectivity index (χ3v) is 4.39. The maximum absolute atomic E-state index is 9.63. The van der Waals surface area contributed by atoms with Crippen molar-refractivity contribution in [2.45, 2.75) is 89.6 Å². The molecule has 2 atom stereocenters. The fourth-order valence-electron chi connectivity index (χ4n) is 3.09. The maximum atomic E-state index is 9.63. The van der Waals surface area contributed by atoms with Gasteiger partial charge in [-0.15, -0.1) is 0 Å². The number of aliphatic hydroxyl groups is 2. The molecular formula is C18H34O2. The first-order chi connectivity index (χ1) is 9.83. The van der Waals surface area contributed by atoms with Crippen LogP contribution in [-0.2, 0) is 0 Å². The van der Waals surface area contributed by atoms with Gasteiger partial charge in [0, 0.05) is 0 Å². The fraction of sp³-hybridized carbons (Fsp3) is 0.889. The Balaban J connectivity index is 2.36. The summed E-state index contributed by atoms with van der Waals surface area (Å²) < 4.78 is 0. The van der Waals surface area contributed by atoms with E-state index >= 15 is 0 Å². The van der Waals surface area contributed by atoms with E-state index < -0.39 is 6.10 Å². The van der Waals surface area contributed by atoms with Crippen LogP contribution in [0.1, 0.15) is 83.5 Å². The predicted molar refractivity (Wildman–Crippen MR) is 85.7 cm³/mol. The lowest BCUT2D eigenvalue weighted by molar-refractivity contribution is 0.0780. The number of hydrogen-bond acceptors (Lipinski definition) is 2. The summed E-state index contributed by atoms with van der Waals surface area (Å²) >= 11 is 0. The van der Waals surface area contributed by atoms with Crippen molar-refractivity contribution < 1.29 is 10.2 Å². The molecule has 0 aromatic heterocycles. The van der Waals surface area contributed by atoms with Crippen LogP contribution >= 0.6 is 0 Å². The Morgan fingerprint density at radius 3 is 2.00 bits per heavy atom. The van der Waals surface area contributed by atoms with E-state index in [0.29, 0.717) is 12.3 Å².